The van der Waals surface area contributed by atoms with Crippen molar-refractivity contribution in [1.29, 1.82) is 0 Å². The molecule has 0 bridgehead atoms. The molecule has 2 rings (SSSR count). The van der Waals surface area contributed by atoms with E-state index in [1.54, 1.807) is 0 Å². The Bertz CT molecular complexity index is 670. The third kappa shape index (κ3) is 3.14. The Hall–Kier alpha value is -0.960. The molecular weight excluding hydrogens is 381 g/mol. The maximum Gasteiger partial charge on any atom is 0.404 e. The van der Waals surface area contributed by atoms with Crippen molar-refractivity contribution in [3.63, 3.8) is 0 Å². The van der Waals surface area contributed by atoms with Crippen LogP contribution in [0.3, 0.4) is 0 Å². The number of rotatable bonds is 4. The van der Waals surface area contributed by atoms with Gasteiger partial charge < -0.3 is 10.1 Å². The fraction of sp³-hybridized carbons (Fsp3) is 0.111. The number of thiophene rings is 1. The SMILES string of the molecule is O=C(Cn1cc(Br)c([N+](=O)[O-])n1)c1cc(Cl)sc1Cl. The molecule has 19 heavy (non-hydrogen) atoms. The van der Waals surface area contributed by atoms with E-state index in [0.29, 0.717) is 4.34 Å². The summed E-state index contributed by atoms with van der Waals surface area (Å²) in [6.07, 6.45) is 1.36. The molecule has 0 aliphatic rings. The lowest BCUT2D eigenvalue weighted by Gasteiger charge is -1.95. The van der Waals surface area contributed by atoms with Crippen LogP contribution in [0.25, 0.3) is 0 Å². The average Bonchev–Trinajstić information content (AvgIpc) is 2.81. The summed E-state index contributed by atoms with van der Waals surface area (Å²) >= 11 is 15.7. The summed E-state index contributed by atoms with van der Waals surface area (Å²) in [5, 5.41) is 14.3. The summed E-state index contributed by atoms with van der Waals surface area (Å²) in [4.78, 5) is 21.9. The second-order valence-corrected chi connectivity index (χ2v) is 6.56. The molecule has 0 saturated carbocycles. The van der Waals surface area contributed by atoms with Crippen LogP contribution in [0.5, 0.6) is 0 Å². The molecule has 0 unspecified atom stereocenters. The number of ketones is 1. The molecule has 0 saturated heterocycles. The first-order chi connectivity index (χ1) is 8.88. The van der Waals surface area contributed by atoms with Crippen LogP contribution in [0, 0.1) is 10.1 Å². The van der Waals surface area contributed by atoms with E-state index >= 15 is 0 Å². The van der Waals surface area contributed by atoms with Gasteiger partial charge in [-0.15, -0.1) is 11.3 Å². The van der Waals surface area contributed by atoms with Gasteiger partial charge in [0.05, 0.1) is 21.2 Å². The van der Waals surface area contributed by atoms with Crippen LogP contribution in [-0.4, -0.2) is 20.5 Å². The Kier molecular flexibility index (Phi) is 4.24. The summed E-state index contributed by atoms with van der Waals surface area (Å²) in [6, 6.07) is 1.46. The Morgan fingerprint density at radius 1 is 1.58 bits per heavy atom. The second-order valence-electron chi connectivity index (χ2n) is 3.42. The van der Waals surface area contributed by atoms with Crippen LogP contribution < -0.4 is 0 Å². The highest BCUT2D eigenvalue weighted by Gasteiger charge is 2.22. The molecular formula is C9H4BrCl2N3O3S. The van der Waals surface area contributed by atoms with Gasteiger partial charge in [-0.05, 0) is 26.9 Å². The molecule has 6 nitrogen and oxygen atoms in total. The summed E-state index contributed by atoms with van der Waals surface area (Å²) in [5.74, 6) is -0.666. The second kappa shape index (κ2) is 5.58. The van der Waals surface area contributed by atoms with Crippen LogP contribution in [0.1, 0.15) is 10.4 Å². The highest BCUT2D eigenvalue weighted by atomic mass is 79.9. The van der Waals surface area contributed by atoms with Gasteiger partial charge in [0.15, 0.2) is 5.78 Å². The van der Waals surface area contributed by atoms with Gasteiger partial charge >= 0.3 is 5.82 Å². The molecule has 0 N–H and O–H groups in total. The van der Waals surface area contributed by atoms with E-state index in [1.165, 1.54) is 16.9 Å². The van der Waals surface area contributed by atoms with E-state index in [0.717, 1.165) is 11.3 Å². The zero-order valence-corrected chi connectivity index (χ0v) is 12.9. The first kappa shape index (κ1) is 14.4. The molecule has 2 aromatic heterocycles. The quantitative estimate of drug-likeness (QED) is 0.456. The van der Waals surface area contributed by atoms with Crippen molar-refractivity contribution in [3.05, 3.63) is 41.1 Å². The molecule has 100 valence electrons. The minimum absolute atomic E-state index is 0.154. The zero-order chi connectivity index (χ0) is 14.2. The van der Waals surface area contributed by atoms with Crippen LogP contribution in [0.15, 0.2) is 16.7 Å². The fourth-order valence-electron chi connectivity index (χ4n) is 1.35. The minimum Gasteiger partial charge on any atom is -0.358 e. The molecule has 2 aromatic rings. The molecule has 0 fully saturated rings. The molecule has 0 aromatic carbocycles. The summed E-state index contributed by atoms with van der Waals surface area (Å²) < 4.78 is 2.07. The van der Waals surface area contributed by atoms with Gasteiger partial charge in [-0.2, -0.15) is 4.68 Å². The molecule has 2 heterocycles. The largest absolute Gasteiger partial charge is 0.404 e. The highest BCUT2D eigenvalue weighted by Crippen LogP contribution is 2.31. The third-order valence-electron chi connectivity index (χ3n) is 2.13. The lowest BCUT2D eigenvalue weighted by Crippen LogP contribution is -2.10. The Balaban J connectivity index is 2.22. The van der Waals surface area contributed by atoms with Crippen LogP contribution in [-0.2, 0) is 6.54 Å². The summed E-state index contributed by atoms with van der Waals surface area (Å²) in [7, 11) is 0. The number of nitro groups is 1. The zero-order valence-electron chi connectivity index (χ0n) is 8.97. The van der Waals surface area contributed by atoms with Crippen molar-refractivity contribution < 1.29 is 9.72 Å². The Morgan fingerprint density at radius 3 is 2.74 bits per heavy atom. The smallest absolute Gasteiger partial charge is 0.358 e. The third-order valence-corrected chi connectivity index (χ3v) is 4.18. The molecule has 0 aliphatic heterocycles. The van der Waals surface area contributed by atoms with Crippen molar-refractivity contribution in [2.24, 2.45) is 0 Å². The predicted octanol–water partition coefficient (Wildman–Crippen LogP) is 3.81. The topological polar surface area (TPSA) is 78.0 Å². The van der Waals surface area contributed by atoms with Gasteiger partial charge in [-0.25, -0.2) is 0 Å². The van der Waals surface area contributed by atoms with E-state index in [-0.39, 0.29) is 32.5 Å². The fourth-order valence-corrected chi connectivity index (χ4v) is 3.31. The van der Waals surface area contributed by atoms with Crippen molar-refractivity contribution in [1.82, 2.24) is 9.78 Å². The molecule has 0 aliphatic carbocycles. The summed E-state index contributed by atoms with van der Waals surface area (Å²) in [5.41, 5.74) is 0.283. The molecule has 0 spiro atoms. The standard InChI is InChI=1S/C9H4BrCl2N3O3S/c10-5-2-14(13-9(5)15(17)18)3-6(16)4-1-7(11)19-8(4)12/h1-2H,3H2. The van der Waals surface area contributed by atoms with Gasteiger partial charge in [0.2, 0.25) is 0 Å². The van der Waals surface area contributed by atoms with Gasteiger partial charge in [0.25, 0.3) is 0 Å². The normalized spacial score (nSPS) is 10.7. The maximum absolute atomic E-state index is 12.0. The van der Waals surface area contributed by atoms with E-state index in [9.17, 15) is 14.9 Å². The molecule has 0 amide bonds. The van der Waals surface area contributed by atoms with E-state index in [2.05, 4.69) is 21.0 Å². The van der Waals surface area contributed by atoms with E-state index in [1.807, 2.05) is 0 Å². The number of carbonyl (C=O) groups excluding carboxylic acids is 1. The Morgan fingerprint density at radius 2 is 2.26 bits per heavy atom. The number of aromatic nitrogens is 2. The minimum atomic E-state index is -0.639. The lowest BCUT2D eigenvalue weighted by molar-refractivity contribution is -0.390. The van der Waals surface area contributed by atoms with Gasteiger partial charge in [-0.3, -0.25) is 4.79 Å². The monoisotopic (exact) mass is 383 g/mol. The van der Waals surface area contributed by atoms with Crippen molar-refractivity contribution in [2.45, 2.75) is 6.54 Å². The number of carbonyl (C=O) groups is 1. The first-order valence-corrected chi connectivity index (χ1v) is 7.10. The highest BCUT2D eigenvalue weighted by molar-refractivity contribution is 9.10. The lowest BCUT2D eigenvalue weighted by atomic mass is 10.2. The van der Waals surface area contributed by atoms with E-state index < -0.39 is 4.92 Å². The molecule has 10 heteroatoms. The molecule has 0 radical (unpaired) electrons. The van der Waals surface area contributed by atoms with Gasteiger partial charge in [0.1, 0.15) is 15.4 Å². The first-order valence-electron chi connectivity index (χ1n) is 4.74. The summed E-state index contributed by atoms with van der Waals surface area (Å²) in [6.45, 7) is -0.154. The molecule has 0 atom stereocenters. The number of hydrogen-bond donors (Lipinski definition) is 0. The van der Waals surface area contributed by atoms with Crippen LogP contribution in [0.2, 0.25) is 8.67 Å². The van der Waals surface area contributed by atoms with Gasteiger partial charge in [-0.1, -0.05) is 23.2 Å². The average molecular weight is 385 g/mol. The van der Waals surface area contributed by atoms with Crippen LogP contribution in [0.4, 0.5) is 5.82 Å². The maximum atomic E-state index is 12.0. The van der Waals surface area contributed by atoms with Crippen molar-refractivity contribution in [2.75, 3.05) is 0 Å². The predicted molar refractivity (Wildman–Crippen MR) is 75.3 cm³/mol. The van der Waals surface area contributed by atoms with Crippen molar-refractivity contribution >= 4 is 62.1 Å². The number of Topliss-reactive ketones (excluding diaryl/α,β-unsaturated/α-hetero) is 1. The number of nitrogens with zero attached hydrogens (tertiary/aromatic N) is 3. The van der Waals surface area contributed by atoms with Crippen molar-refractivity contribution in [3.8, 4) is 0 Å². The number of halogens is 3. The Labute approximate surface area is 129 Å². The van der Waals surface area contributed by atoms with Crippen LogP contribution >= 0.6 is 50.5 Å². The number of hydrogen-bond acceptors (Lipinski definition) is 5. The van der Waals surface area contributed by atoms with Gasteiger partial charge in [0, 0.05) is 0 Å². The van der Waals surface area contributed by atoms with E-state index in [4.69, 9.17) is 23.2 Å².